The first-order chi connectivity index (χ1) is 9.95. The van der Waals surface area contributed by atoms with E-state index in [4.69, 9.17) is 0 Å². The quantitative estimate of drug-likeness (QED) is 0.926. The molecule has 5 heteroatoms. The van der Waals surface area contributed by atoms with E-state index in [1.807, 2.05) is 44.2 Å². The molecule has 1 amide bonds. The number of carbonyl (C=O) groups excluding carboxylic acids is 1. The number of carbonyl (C=O) groups is 1. The Bertz CT molecular complexity index is 710. The SMILES string of the molecule is Cc1cc(C)nc(Sc2ccc3c(c2)N(C)C(=O)C3O)c1. The fourth-order valence-corrected chi connectivity index (χ4v) is 3.50. The normalized spacial score (nSPS) is 17.2. The summed E-state index contributed by atoms with van der Waals surface area (Å²) in [5.41, 5.74) is 3.59. The highest BCUT2D eigenvalue weighted by Gasteiger charge is 2.33. The number of likely N-dealkylation sites (N-methyl/N-ethyl adjacent to an activating group) is 1. The van der Waals surface area contributed by atoms with E-state index in [1.165, 1.54) is 10.5 Å². The number of anilines is 1. The van der Waals surface area contributed by atoms with E-state index in [0.717, 1.165) is 21.3 Å². The lowest BCUT2D eigenvalue weighted by atomic mass is 10.1. The molecule has 0 spiro atoms. The van der Waals surface area contributed by atoms with E-state index in [1.54, 1.807) is 18.8 Å². The van der Waals surface area contributed by atoms with Crippen molar-refractivity contribution >= 4 is 23.4 Å². The summed E-state index contributed by atoms with van der Waals surface area (Å²) in [4.78, 5) is 18.8. The molecular weight excluding hydrogens is 284 g/mol. The summed E-state index contributed by atoms with van der Waals surface area (Å²) >= 11 is 1.56. The lowest BCUT2D eigenvalue weighted by Crippen LogP contribution is -2.23. The Morgan fingerprint density at radius 1 is 1.24 bits per heavy atom. The van der Waals surface area contributed by atoms with Gasteiger partial charge in [-0.2, -0.15) is 0 Å². The van der Waals surface area contributed by atoms with Crippen molar-refractivity contribution in [3.8, 4) is 0 Å². The van der Waals surface area contributed by atoms with Crippen LogP contribution in [-0.4, -0.2) is 23.0 Å². The third-order valence-electron chi connectivity index (χ3n) is 3.52. The van der Waals surface area contributed by atoms with Gasteiger partial charge >= 0.3 is 0 Å². The van der Waals surface area contributed by atoms with Gasteiger partial charge in [-0.3, -0.25) is 4.79 Å². The zero-order valence-electron chi connectivity index (χ0n) is 12.1. The van der Waals surface area contributed by atoms with Crippen LogP contribution in [0.5, 0.6) is 0 Å². The van der Waals surface area contributed by atoms with Crippen LogP contribution < -0.4 is 4.90 Å². The fourth-order valence-electron chi connectivity index (χ4n) is 2.52. The molecule has 0 fully saturated rings. The predicted octanol–water partition coefficient (Wildman–Crippen LogP) is 2.86. The number of aliphatic hydroxyl groups excluding tert-OH is 1. The van der Waals surface area contributed by atoms with Crippen molar-refractivity contribution in [2.45, 2.75) is 29.9 Å². The molecule has 1 aliphatic rings. The average molecular weight is 300 g/mol. The van der Waals surface area contributed by atoms with Crippen LogP contribution >= 0.6 is 11.8 Å². The average Bonchev–Trinajstić information content (AvgIpc) is 2.63. The molecule has 1 N–H and O–H groups in total. The van der Waals surface area contributed by atoms with E-state index in [2.05, 4.69) is 4.98 Å². The van der Waals surface area contributed by atoms with Gasteiger partial charge in [-0.1, -0.05) is 17.8 Å². The van der Waals surface area contributed by atoms with Crippen LogP contribution in [0.15, 0.2) is 40.3 Å². The standard InChI is InChI=1S/C16H16N2O2S/c1-9-6-10(2)17-14(7-9)21-11-4-5-12-13(8-11)18(3)16(20)15(12)19/h4-8,15,19H,1-3H3. The van der Waals surface area contributed by atoms with Crippen molar-refractivity contribution in [3.63, 3.8) is 0 Å². The van der Waals surface area contributed by atoms with Crippen LogP contribution in [0.4, 0.5) is 5.69 Å². The van der Waals surface area contributed by atoms with Gasteiger partial charge in [0.25, 0.3) is 5.91 Å². The maximum atomic E-state index is 11.8. The second-order valence-corrected chi connectivity index (χ2v) is 6.34. The predicted molar refractivity (Wildman–Crippen MR) is 82.6 cm³/mol. The number of pyridine rings is 1. The van der Waals surface area contributed by atoms with Crippen molar-refractivity contribution in [2.75, 3.05) is 11.9 Å². The van der Waals surface area contributed by atoms with Crippen molar-refractivity contribution in [2.24, 2.45) is 0 Å². The zero-order chi connectivity index (χ0) is 15.1. The van der Waals surface area contributed by atoms with Gasteiger partial charge in [0.2, 0.25) is 0 Å². The number of rotatable bonds is 2. The first-order valence-corrected chi connectivity index (χ1v) is 7.50. The molecule has 1 aromatic carbocycles. The largest absolute Gasteiger partial charge is 0.378 e. The molecule has 0 saturated heterocycles. The number of hydrogen-bond acceptors (Lipinski definition) is 4. The molecule has 0 aliphatic carbocycles. The summed E-state index contributed by atoms with van der Waals surface area (Å²) in [5, 5.41) is 10.8. The number of benzene rings is 1. The van der Waals surface area contributed by atoms with Crippen LogP contribution in [0.3, 0.4) is 0 Å². The van der Waals surface area contributed by atoms with Gasteiger partial charge in [0.1, 0.15) is 5.03 Å². The molecule has 0 bridgehead atoms. The van der Waals surface area contributed by atoms with Crippen molar-refractivity contribution in [1.29, 1.82) is 0 Å². The molecule has 1 aliphatic heterocycles. The van der Waals surface area contributed by atoms with E-state index < -0.39 is 6.10 Å². The Morgan fingerprint density at radius 2 is 2.00 bits per heavy atom. The number of fused-ring (bicyclic) bond motifs is 1. The van der Waals surface area contributed by atoms with Crippen molar-refractivity contribution in [1.82, 2.24) is 4.98 Å². The second-order valence-electron chi connectivity index (χ2n) is 5.25. The van der Waals surface area contributed by atoms with Gasteiger partial charge < -0.3 is 10.0 Å². The number of aryl methyl sites for hydroxylation is 2. The minimum absolute atomic E-state index is 0.281. The summed E-state index contributed by atoms with van der Waals surface area (Å²) in [7, 11) is 1.68. The summed E-state index contributed by atoms with van der Waals surface area (Å²) in [6, 6.07) is 9.72. The molecule has 3 rings (SSSR count). The smallest absolute Gasteiger partial charge is 0.260 e. The molecule has 108 valence electrons. The molecule has 1 aromatic heterocycles. The van der Waals surface area contributed by atoms with Crippen molar-refractivity contribution < 1.29 is 9.90 Å². The summed E-state index contributed by atoms with van der Waals surface area (Å²) in [6.07, 6.45) is -1.04. The van der Waals surface area contributed by atoms with E-state index in [9.17, 15) is 9.90 Å². The molecule has 1 atom stereocenters. The number of amides is 1. The number of aliphatic hydroxyl groups is 1. The maximum absolute atomic E-state index is 11.8. The molecule has 21 heavy (non-hydrogen) atoms. The van der Waals surface area contributed by atoms with Gasteiger partial charge in [-0.25, -0.2) is 4.98 Å². The van der Waals surface area contributed by atoms with Crippen LogP contribution in [-0.2, 0) is 4.79 Å². The summed E-state index contributed by atoms with van der Waals surface area (Å²) < 4.78 is 0. The van der Waals surface area contributed by atoms with Crippen LogP contribution in [0.25, 0.3) is 0 Å². The van der Waals surface area contributed by atoms with Gasteiger partial charge in [0.05, 0.1) is 5.69 Å². The van der Waals surface area contributed by atoms with Crippen LogP contribution in [0, 0.1) is 13.8 Å². The highest BCUT2D eigenvalue weighted by molar-refractivity contribution is 7.99. The van der Waals surface area contributed by atoms with Gasteiger partial charge in [0.15, 0.2) is 6.10 Å². The molecule has 0 radical (unpaired) electrons. The minimum atomic E-state index is -1.04. The highest BCUT2D eigenvalue weighted by Crippen LogP contribution is 2.38. The maximum Gasteiger partial charge on any atom is 0.260 e. The molecule has 0 saturated carbocycles. The van der Waals surface area contributed by atoms with Crippen LogP contribution in [0.2, 0.25) is 0 Å². The molecular formula is C16H16N2O2S. The third-order valence-corrected chi connectivity index (χ3v) is 4.43. The Kier molecular flexibility index (Phi) is 3.47. The van der Waals surface area contributed by atoms with Gasteiger partial charge in [0, 0.05) is 23.2 Å². The lowest BCUT2D eigenvalue weighted by molar-refractivity contribution is -0.125. The summed E-state index contributed by atoms with van der Waals surface area (Å²) in [5.74, 6) is -0.281. The Balaban J connectivity index is 1.93. The lowest BCUT2D eigenvalue weighted by Gasteiger charge is -2.11. The van der Waals surface area contributed by atoms with E-state index in [0.29, 0.717) is 5.56 Å². The third kappa shape index (κ3) is 2.54. The topological polar surface area (TPSA) is 53.4 Å². The van der Waals surface area contributed by atoms with Crippen LogP contribution in [0.1, 0.15) is 22.9 Å². The van der Waals surface area contributed by atoms with E-state index >= 15 is 0 Å². The fraction of sp³-hybridized carbons (Fsp3) is 0.250. The Hall–Kier alpha value is -1.85. The minimum Gasteiger partial charge on any atom is -0.378 e. The monoisotopic (exact) mass is 300 g/mol. The zero-order valence-corrected chi connectivity index (χ0v) is 12.9. The Morgan fingerprint density at radius 3 is 2.71 bits per heavy atom. The molecule has 1 unspecified atom stereocenters. The number of hydrogen-bond donors (Lipinski definition) is 1. The summed E-state index contributed by atoms with van der Waals surface area (Å²) in [6.45, 7) is 4.02. The van der Waals surface area contributed by atoms with Gasteiger partial charge in [-0.05, 0) is 43.7 Å². The molecule has 2 heterocycles. The number of nitrogens with zero attached hydrogens (tertiary/aromatic N) is 2. The first-order valence-electron chi connectivity index (χ1n) is 6.68. The second kappa shape index (κ2) is 5.16. The van der Waals surface area contributed by atoms with Crippen molar-refractivity contribution in [3.05, 3.63) is 47.2 Å². The molecule has 4 nitrogen and oxygen atoms in total. The Labute approximate surface area is 127 Å². The first kappa shape index (κ1) is 14.1. The highest BCUT2D eigenvalue weighted by atomic mass is 32.2. The number of aromatic nitrogens is 1. The van der Waals surface area contributed by atoms with E-state index in [-0.39, 0.29) is 5.91 Å². The molecule has 2 aromatic rings. The van der Waals surface area contributed by atoms with Gasteiger partial charge in [-0.15, -0.1) is 0 Å².